The van der Waals surface area contributed by atoms with E-state index in [0.717, 1.165) is 11.3 Å². The fourth-order valence-corrected chi connectivity index (χ4v) is 1.49. The van der Waals surface area contributed by atoms with E-state index in [9.17, 15) is 4.79 Å². The van der Waals surface area contributed by atoms with Gasteiger partial charge in [0, 0.05) is 23.7 Å². The molecule has 1 N–H and O–H groups in total. The number of aromatic amines is 1. The molecule has 0 spiro atoms. The number of esters is 1. The van der Waals surface area contributed by atoms with Crippen molar-refractivity contribution < 1.29 is 9.53 Å². The van der Waals surface area contributed by atoms with Gasteiger partial charge in [-0.2, -0.15) is 0 Å². The molecule has 2 rings (SSSR count). The van der Waals surface area contributed by atoms with Crippen molar-refractivity contribution in [2.24, 2.45) is 0 Å². The zero-order valence-electron chi connectivity index (χ0n) is 9.73. The number of H-pyrrole nitrogens is 1. The van der Waals surface area contributed by atoms with Crippen LogP contribution in [0.1, 0.15) is 23.2 Å². The van der Waals surface area contributed by atoms with Crippen LogP contribution in [0.4, 0.5) is 0 Å². The average Bonchev–Trinajstić information content (AvgIpc) is 2.82. The number of carbonyl (C=O) groups is 1. The summed E-state index contributed by atoms with van der Waals surface area (Å²) in [5.74, 6) is -0.393. The van der Waals surface area contributed by atoms with E-state index >= 15 is 0 Å². The molecule has 0 unspecified atom stereocenters. The molecule has 17 heavy (non-hydrogen) atoms. The molecule has 0 radical (unpaired) electrons. The van der Waals surface area contributed by atoms with E-state index in [1.54, 1.807) is 13.1 Å². The van der Waals surface area contributed by atoms with Gasteiger partial charge in [0.15, 0.2) is 0 Å². The minimum atomic E-state index is -0.493. The molecule has 0 aliphatic carbocycles. The van der Waals surface area contributed by atoms with Crippen LogP contribution in [-0.2, 0) is 4.74 Å². The summed E-state index contributed by atoms with van der Waals surface area (Å²) in [7, 11) is 0. The van der Waals surface area contributed by atoms with E-state index in [1.165, 1.54) is 0 Å². The Hall–Kier alpha value is -2.17. The molecule has 0 aliphatic heterocycles. The summed E-state index contributed by atoms with van der Waals surface area (Å²) in [5.41, 5.74) is 2.36. The first kappa shape index (κ1) is 11.3. The van der Waals surface area contributed by atoms with Crippen molar-refractivity contribution in [1.29, 1.82) is 0 Å². The Labute approximate surface area is 98.9 Å². The molecule has 0 saturated carbocycles. The summed E-state index contributed by atoms with van der Waals surface area (Å²) in [4.78, 5) is 22.8. The maximum Gasteiger partial charge on any atom is 0.376 e. The topological polar surface area (TPSA) is 67.9 Å². The zero-order chi connectivity index (χ0) is 12.3. The van der Waals surface area contributed by atoms with Crippen LogP contribution in [0.25, 0.3) is 11.3 Å². The molecular weight excluding hydrogens is 218 g/mol. The molecule has 0 atom stereocenters. The predicted octanol–water partition coefficient (Wildman–Crippen LogP) is 1.96. The molecule has 5 nitrogen and oxygen atoms in total. The lowest BCUT2D eigenvalue weighted by molar-refractivity contribution is 0.0512. The zero-order valence-corrected chi connectivity index (χ0v) is 9.73. The second-order valence-corrected chi connectivity index (χ2v) is 3.54. The lowest BCUT2D eigenvalue weighted by Gasteiger charge is -2.04. The number of ether oxygens (including phenoxy) is 1. The third-order valence-corrected chi connectivity index (χ3v) is 2.21. The number of nitrogens with one attached hydrogen (secondary N) is 1. The Morgan fingerprint density at radius 3 is 2.94 bits per heavy atom. The molecule has 0 fully saturated rings. The van der Waals surface area contributed by atoms with Crippen LogP contribution in [0.2, 0.25) is 0 Å². The van der Waals surface area contributed by atoms with Crippen LogP contribution in [0.5, 0.6) is 0 Å². The monoisotopic (exact) mass is 231 g/mol. The molecule has 0 bridgehead atoms. The van der Waals surface area contributed by atoms with E-state index in [2.05, 4.69) is 15.0 Å². The van der Waals surface area contributed by atoms with Crippen molar-refractivity contribution in [1.82, 2.24) is 15.0 Å². The largest absolute Gasteiger partial charge is 0.460 e. The first-order chi connectivity index (χ1) is 8.20. The van der Waals surface area contributed by atoms with Gasteiger partial charge in [0.1, 0.15) is 0 Å². The number of carbonyl (C=O) groups excluding carboxylic acids is 1. The summed E-state index contributed by atoms with van der Waals surface area (Å²) < 4.78 is 4.88. The highest BCUT2D eigenvalue weighted by Crippen LogP contribution is 2.16. The minimum Gasteiger partial charge on any atom is -0.460 e. The highest BCUT2D eigenvalue weighted by atomic mass is 16.5. The van der Waals surface area contributed by atoms with E-state index in [1.807, 2.05) is 25.3 Å². The molecule has 2 aromatic heterocycles. The second kappa shape index (κ2) is 4.78. The summed E-state index contributed by atoms with van der Waals surface area (Å²) in [5, 5.41) is 0. The van der Waals surface area contributed by atoms with Gasteiger partial charge < -0.3 is 9.72 Å². The Morgan fingerprint density at radius 2 is 2.29 bits per heavy atom. The van der Waals surface area contributed by atoms with Crippen LogP contribution >= 0.6 is 0 Å². The van der Waals surface area contributed by atoms with Crippen LogP contribution in [0.15, 0.2) is 24.5 Å². The summed E-state index contributed by atoms with van der Waals surface area (Å²) in [6.45, 7) is 3.89. The highest BCUT2D eigenvalue weighted by Gasteiger charge is 2.13. The quantitative estimate of drug-likeness (QED) is 0.820. The van der Waals surface area contributed by atoms with Gasteiger partial charge in [-0.15, -0.1) is 0 Å². The second-order valence-electron chi connectivity index (χ2n) is 3.54. The number of hydrogen-bond acceptors (Lipinski definition) is 4. The lowest BCUT2D eigenvalue weighted by atomic mass is 10.2. The van der Waals surface area contributed by atoms with Crippen LogP contribution < -0.4 is 0 Å². The number of aryl methyl sites for hydroxylation is 1. The van der Waals surface area contributed by atoms with E-state index in [4.69, 9.17) is 4.74 Å². The van der Waals surface area contributed by atoms with Crippen molar-refractivity contribution in [3.63, 3.8) is 0 Å². The minimum absolute atomic E-state index is 0.100. The van der Waals surface area contributed by atoms with Crippen LogP contribution in [-0.4, -0.2) is 27.5 Å². The first-order valence-corrected chi connectivity index (χ1v) is 5.36. The van der Waals surface area contributed by atoms with Crippen LogP contribution in [0.3, 0.4) is 0 Å². The fourth-order valence-electron chi connectivity index (χ4n) is 1.49. The van der Waals surface area contributed by atoms with Gasteiger partial charge >= 0.3 is 5.97 Å². The van der Waals surface area contributed by atoms with Gasteiger partial charge in [0.05, 0.1) is 12.3 Å². The van der Waals surface area contributed by atoms with Crippen LogP contribution in [0, 0.1) is 6.92 Å². The SMILES string of the molecule is CCOC(=O)c1nc(C)cc(-c2cc[nH]c2)n1. The molecule has 0 aromatic carbocycles. The normalized spacial score (nSPS) is 10.2. The number of hydrogen-bond donors (Lipinski definition) is 1. The van der Waals surface area contributed by atoms with Crippen molar-refractivity contribution in [3.8, 4) is 11.3 Å². The highest BCUT2D eigenvalue weighted by molar-refractivity contribution is 5.85. The number of nitrogens with zero attached hydrogens (tertiary/aromatic N) is 2. The van der Waals surface area contributed by atoms with Gasteiger partial charge in [-0.05, 0) is 26.0 Å². The van der Waals surface area contributed by atoms with Gasteiger partial charge in [0.25, 0.3) is 0 Å². The maximum absolute atomic E-state index is 11.6. The Balaban J connectivity index is 2.39. The molecule has 5 heteroatoms. The summed E-state index contributed by atoms with van der Waals surface area (Å²) >= 11 is 0. The third kappa shape index (κ3) is 2.50. The summed E-state index contributed by atoms with van der Waals surface area (Å²) in [6, 6.07) is 3.71. The van der Waals surface area contributed by atoms with Crippen molar-refractivity contribution in [2.75, 3.05) is 6.61 Å². The molecule has 2 aromatic rings. The number of aromatic nitrogens is 3. The van der Waals surface area contributed by atoms with Gasteiger partial charge in [-0.3, -0.25) is 0 Å². The Bertz CT molecular complexity index is 521. The van der Waals surface area contributed by atoms with E-state index < -0.39 is 5.97 Å². The Kier molecular flexibility index (Phi) is 3.18. The average molecular weight is 231 g/mol. The van der Waals surface area contributed by atoms with Crippen molar-refractivity contribution in [3.05, 3.63) is 36.0 Å². The van der Waals surface area contributed by atoms with Crippen molar-refractivity contribution in [2.45, 2.75) is 13.8 Å². The van der Waals surface area contributed by atoms with Gasteiger partial charge in [0.2, 0.25) is 5.82 Å². The standard InChI is InChI=1S/C12H13N3O2/c1-3-17-12(16)11-14-8(2)6-10(15-11)9-4-5-13-7-9/h4-7,13H,3H2,1-2H3. The number of rotatable bonds is 3. The molecule has 2 heterocycles. The third-order valence-electron chi connectivity index (χ3n) is 2.21. The smallest absolute Gasteiger partial charge is 0.376 e. The first-order valence-electron chi connectivity index (χ1n) is 5.36. The molecular formula is C12H13N3O2. The molecule has 0 amide bonds. The summed E-state index contributed by atoms with van der Waals surface area (Å²) in [6.07, 6.45) is 3.62. The maximum atomic E-state index is 11.6. The van der Waals surface area contributed by atoms with E-state index in [0.29, 0.717) is 12.3 Å². The molecule has 88 valence electrons. The van der Waals surface area contributed by atoms with Gasteiger partial charge in [-0.1, -0.05) is 0 Å². The lowest BCUT2D eigenvalue weighted by Crippen LogP contribution is -2.11. The van der Waals surface area contributed by atoms with Gasteiger partial charge in [-0.25, -0.2) is 14.8 Å². The van der Waals surface area contributed by atoms with Crippen molar-refractivity contribution >= 4 is 5.97 Å². The molecule has 0 aliphatic rings. The molecule has 0 saturated heterocycles. The van der Waals surface area contributed by atoms with E-state index in [-0.39, 0.29) is 5.82 Å². The predicted molar refractivity (Wildman–Crippen MR) is 62.5 cm³/mol. The fraction of sp³-hybridized carbons (Fsp3) is 0.250. The Morgan fingerprint density at radius 1 is 1.47 bits per heavy atom.